The molecule has 0 spiro atoms. The van der Waals surface area contributed by atoms with Crippen molar-refractivity contribution in [2.75, 3.05) is 18.2 Å². The van der Waals surface area contributed by atoms with Crippen LogP contribution in [0, 0.1) is 13.8 Å². The maximum Gasteiger partial charge on any atom is 0.236 e. The Morgan fingerprint density at radius 3 is 2.81 bits per heavy atom. The smallest absolute Gasteiger partial charge is 0.236 e. The van der Waals surface area contributed by atoms with Crippen LogP contribution >= 0.6 is 23.1 Å². The highest BCUT2D eigenvalue weighted by Crippen LogP contribution is 2.28. The highest BCUT2D eigenvalue weighted by molar-refractivity contribution is 7.99. The molecule has 1 aromatic carbocycles. The lowest BCUT2D eigenvalue weighted by molar-refractivity contribution is -0.113. The Morgan fingerprint density at radius 1 is 1.22 bits per heavy atom. The quantitative estimate of drug-likeness (QED) is 0.514. The molecule has 0 aliphatic rings. The van der Waals surface area contributed by atoms with Gasteiger partial charge in [0, 0.05) is 5.39 Å². The molecule has 3 heterocycles. The highest BCUT2D eigenvalue weighted by atomic mass is 32.2. The van der Waals surface area contributed by atoms with Crippen molar-refractivity contribution >= 4 is 50.7 Å². The fourth-order valence-electron chi connectivity index (χ4n) is 2.75. The van der Waals surface area contributed by atoms with Crippen molar-refractivity contribution in [2.45, 2.75) is 19.0 Å². The second kappa shape index (κ2) is 7.12. The minimum Gasteiger partial charge on any atom is -0.497 e. The molecule has 0 saturated carbocycles. The average Bonchev–Trinajstić information content (AvgIpc) is 3.26. The van der Waals surface area contributed by atoms with Crippen molar-refractivity contribution in [1.82, 2.24) is 24.8 Å². The van der Waals surface area contributed by atoms with Gasteiger partial charge >= 0.3 is 0 Å². The Hall–Kier alpha value is -2.72. The summed E-state index contributed by atoms with van der Waals surface area (Å²) in [6.07, 6.45) is 0. The third-order valence-electron chi connectivity index (χ3n) is 3.94. The minimum absolute atomic E-state index is 0.161. The number of benzene rings is 1. The summed E-state index contributed by atoms with van der Waals surface area (Å²) in [5, 5.41) is 22.1. The first-order chi connectivity index (χ1) is 13.0. The van der Waals surface area contributed by atoms with Gasteiger partial charge in [-0.25, -0.2) is 0 Å². The fraction of sp³-hybridized carbons (Fsp3) is 0.235. The van der Waals surface area contributed by atoms with Gasteiger partial charge in [-0.3, -0.25) is 14.5 Å². The number of aromatic nitrogens is 5. The molecule has 0 radical (unpaired) electrons. The van der Waals surface area contributed by atoms with Gasteiger partial charge in [0.1, 0.15) is 10.8 Å². The zero-order valence-corrected chi connectivity index (χ0v) is 16.5. The molecule has 10 heteroatoms. The van der Waals surface area contributed by atoms with Gasteiger partial charge in [0.25, 0.3) is 0 Å². The van der Waals surface area contributed by atoms with Crippen LogP contribution in [0.25, 0.3) is 16.6 Å². The number of fused-ring (bicyclic) bond motifs is 3. The molecule has 3 aromatic heterocycles. The SMILES string of the molecule is COc1ccc2c(c1)cc(C)c1nnc(SCC(=O)Nc3nnc(C)s3)n12. The second-order valence-corrected chi connectivity index (χ2v) is 7.98. The van der Waals surface area contributed by atoms with Gasteiger partial charge < -0.3 is 4.74 Å². The molecule has 1 N–H and O–H groups in total. The van der Waals surface area contributed by atoms with Gasteiger partial charge in [-0.15, -0.1) is 20.4 Å². The van der Waals surface area contributed by atoms with Crippen molar-refractivity contribution in [2.24, 2.45) is 0 Å². The van der Waals surface area contributed by atoms with Crippen LogP contribution in [-0.4, -0.2) is 43.6 Å². The first kappa shape index (κ1) is 17.7. The second-order valence-electron chi connectivity index (χ2n) is 5.86. The normalized spacial score (nSPS) is 11.2. The molecule has 0 atom stereocenters. The molecule has 138 valence electrons. The summed E-state index contributed by atoms with van der Waals surface area (Å²) < 4.78 is 7.28. The van der Waals surface area contributed by atoms with Crippen molar-refractivity contribution in [3.05, 3.63) is 34.8 Å². The third-order valence-corrected chi connectivity index (χ3v) is 5.62. The van der Waals surface area contributed by atoms with Crippen molar-refractivity contribution in [3.8, 4) is 5.75 Å². The lowest BCUT2D eigenvalue weighted by Gasteiger charge is -2.08. The lowest BCUT2D eigenvalue weighted by atomic mass is 10.1. The summed E-state index contributed by atoms with van der Waals surface area (Å²) in [6.45, 7) is 3.83. The van der Waals surface area contributed by atoms with Gasteiger partial charge in [0.15, 0.2) is 10.8 Å². The van der Waals surface area contributed by atoms with E-state index in [1.54, 1.807) is 7.11 Å². The number of ether oxygens (including phenoxy) is 1. The number of rotatable bonds is 5. The molecule has 0 saturated heterocycles. The first-order valence-corrected chi connectivity index (χ1v) is 9.90. The summed E-state index contributed by atoms with van der Waals surface area (Å²) in [7, 11) is 1.64. The van der Waals surface area contributed by atoms with Crippen LogP contribution in [0.5, 0.6) is 5.75 Å². The number of anilines is 1. The predicted molar refractivity (Wildman–Crippen MR) is 106 cm³/mol. The molecular weight excluding hydrogens is 384 g/mol. The molecule has 0 aliphatic heterocycles. The number of pyridine rings is 1. The van der Waals surface area contributed by atoms with Gasteiger partial charge in [-0.1, -0.05) is 23.1 Å². The molecule has 4 aromatic rings. The van der Waals surface area contributed by atoms with E-state index < -0.39 is 0 Å². The summed E-state index contributed by atoms with van der Waals surface area (Å²) in [5.74, 6) is 0.826. The van der Waals surface area contributed by atoms with Crippen molar-refractivity contribution < 1.29 is 9.53 Å². The maximum atomic E-state index is 12.2. The Bertz CT molecular complexity index is 1150. The number of amides is 1. The monoisotopic (exact) mass is 400 g/mol. The predicted octanol–water partition coefficient (Wildman–Crippen LogP) is 3.09. The highest BCUT2D eigenvalue weighted by Gasteiger charge is 2.15. The Balaban J connectivity index is 1.62. The van der Waals surface area contributed by atoms with Crippen molar-refractivity contribution in [3.63, 3.8) is 0 Å². The van der Waals surface area contributed by atoms with Crippen molar-refractivity contribution in [1.29, 1.82) is 0 Å². The first-order valence-electron chi connectivity index (χ1n) is 8.10. The number of nitrogens with zero attached hydrogens (tertiary/aromatic N) is 5. The van der Waals surface area contributed by atoms with E-state index >= 15 is 0 Å². The van der Waals surface area contributed by atoms with Crippen LogP contribution in [0.1, 0.15) is 10.6 Å². The van der Waals surface area contributed by atoms with E-state index in [4.69, 9.17) is 4.74 Å². The number of nitrogens with one attached hydrogen (secondary N) is 1. The molecule has 0 unspecified atom stereocenters. The third kappa shape index (κ3) is 3.45. The zero-order valence-electron chi connectivity index (χ0n) is 14.9. The summed E-state index contributed by atoms with van der Waals surface area (Å²) in [6, 6.07) is 7.90. The molecule has 0 fully saturated rings. The number of hydrogen-bond donors (Lipinski definition) is 1. The van der Waals surface area contributed by atoms with Gasteiger partial charge in [-0.05, 0) is 43.7 Å². The van der Waals surface area contributed by atoms with E-state index in [9.17, 15) is 4.79 Å². The van der Waals surface area contributed by atoms with E-state index in [0.29, 0.717) is 10.3 Å². The number of aryl methyl sites for hydroxylation is 2. The molecule has 0 aliphatic carbocycles. The van der Waals surface area contributed by atoms with Crippen LogP contribution in [0.3, 0.4) is 0 Å². The Labute approximate surface area is 163 Å². The van der Waals surface area contributed by atoms with Gasteiger partial charge in [0.05, 0.1) is 18.4 Å². The van der Waals surface area contributed by atoms with Gasteiger partial charge in [-0.2, -0.15) is 0 Å². The van der Waals surface area contributed by atoms with Crippen LogP contribution < -0.4 is 10.1 Å². The molecule has 4 rings (SSSR count). The molecule has 1 amide bonds. The molecule has 8 nitrogen and oxygen atoms in total. The topological polar surface area (TPSA) is 94.3 Å². The van der Waals surface area contributed by atoms with Crippen LogP contribution in [0.15, 0.2) is 29.4 Å². The summed E-state index contributed by atoms with van der Waals surface area (Å²) in [4.78, 5) is 12.2. The molecule has 0 bridgehead atoms. The molecule has 27 heavy (non-hydrogen) atoms. The minimum atomic E-state index is -0.161. The largest absolute Gasteiger partial charge is 0.497 e. The van der Waals surface area contributed by atoms with E-state index in [1.165, 1.54) is 23.1 Å². The summed E-state index contributed by atoms with van der Waals surface area (Å²) in [5.41, 5.74) is 2.74. The maximum absolute atomic E-state index is 12.2. The zero-order chi connectivity index (χ0) is 19.0. The lowest BCUT2D eigenvalue weighted by Crippen LogP contribution is -2.14. The number of thioether (sulfide) groups is 1. The van der Waals surface area contributed by atoms with Gasteiger partial charge in [0.2, 0.25) is 11.0 Å². The Kier molecular flexibility index (Phi) is 4.66. The Morgan fingerprint density at radius 2 is 2.07 bits per heavy atom. The number of carbonyl (C=O) groups is 1. The van der Waals surface area contributed by atoms with Crippen LogP contribution in [0.4, 0.5) is 5.13 Å². The van der Waals surface area contributed by atoms with Crippen LogP contribution in [-0.2, 0) is 4.79 Å². The van der Waals surface area contributed by atoms with E-state index in [0.717, 1.165) is 32.9 Å². The standard InChI is InChI=1S/C17H16N6O2S2/c1-9-6-11-7-12(25-3)4-5-13(11)23-15(9)20-22-17(23)26-8-14(24)18-16-21-19-10(2)27-16/h4-7H,8H2,1-3H3,(H,18,21,24). The number of carbonyl (C=O) groups excluding carboxylic acids is 1. The number of hydrogen-bond acceptors (Lipinski definition) is 8. The van der Waals surface area contributed by atoms with E-state index in [2.05, 4.69) is 31.8 Å². The van der Waals surface area contributed by atoms with E-state index in [-0.39, 0.29) is 11.7 Å². The fourth-order valence-corrected chi connectivity index (χ4v) is 4.10. The van der Waals surface area contributed by atoms with E-state index in [1.807, 2.05) is 36.4 Å². The average molecular weight is 400 g/mol. The van der Waals surface area contributed by atoms with Crippen LogP contribution in [0.2, 0.25) is 0 Å². The molecular formula is C17H16N6O2S2. The summed E-state index contributed by atoms with van der Waals surface area (Å²) >= 11 is 2.67. The number of methoxy groups -OCH3 is 1.